The van der Waals surface area contributed by atoms with Crippen molar-refractivity contribution in [3.05, 3.63) is 81.1 Å². The summed E-state index contributed by atoms with van der Waals surface area (Å²) in [5, 5.41) is 7.23. The van der Waals surface area contributed by atoms with Gasteiger partial charge in [0.25, 0.3) is 5.56 Å². The van der Waals surface area contributed by atoms with Gasteiger partial charge in [-0.05, 0) is 35.9 Å². The van der Waals surface area contributed by atoms with Crippen LogP contribution < -0.4 is 15.6 Å². The molecular weight excluding hydrogens is 422 g/mol. The van der Waals surface area contributed by atoms with Gasteiger partial charge in [-0.3, -0.25) is 9.59 Å². The zero-order chi connectivity index (χ0) is 19.9. The second-order valence-corrected chi connectivity index (χ2v) is 7.08. The number of nitrogens with zero attached hydrogens (tertiary/aromatic N) is 2. The van der Waals surface area contributed by atoms with Crippen molar-refractivity contribution in [1.29, 1.82) is 0 Å². The van der Waals surface area contributed by atoms with Crippen LogP contribution in [-0.2, 0) is 17.9 Å². The maximum atomic E-state index is 12.2. The highest BCUT2D eigenvalue weighted by Gasteiger charge is 2.07. The van der Waals surface area contributed by atoms with Gasteiger partial charge in [0.1, 0.15) is 5.75 Å². The van der Waals surface area contributed by atoms with E-state index in [1.165, 1.54) is 10.7 Å². The average molecular weight is 442 g/mol. The molecule has 28 heavy (non-hydrogen) atoms. The van der Waals surface area contributed by atoms with Gasteiger partial charge in [0.05, 0.1) is 19.3 Å². The molecular formula is C21H20BrN3O3. The Hall–Kier alpha value is -2.93. The number of nitrogens with one attached hydrogen (secondary N) is 1. The summed E-state index contributed by atoms with van der Waals surface area (Å²) in [7, 11) is 1.60. The van der Waals surface area contributed by atoms with Gasteiger partial charge >= 0.3 is 0 Å². The molecule has 0 atom stereocenters. The number of rotatable bonds is 7. The summed E-state index contributed by atoms with van der Waals surface area (Å²) in [5.74, 6) is 0.595. The number of aromatic nitrogens is 2. The van der Waals surface area contributed by atoms with Crippen LogP contribution in [0.4, 0.5) is 0 Å². The van der Waals surface area contributed by atoms with Crippen LogP contribution in [0.3, 0.4) is 0 Å². The number of methoxy groups -OCH3 is 1. The highest BCUT2D eigenvalue weighted by atomic mass is 79.9. The minimum atomic E-state index is -0.235. The van der Waals surface area contributed by atoms with E-state index in [0.717, 1.165) is 21.3 Å². The van der Waals surface area contributed by atoms with E-state index >= 15 is 0 Å². The van der Waals surface area contributed by atoms with Crippen LogP contribution in [0.1, 0.15) is 12.0 Å². The average Bonchev–Trinajstić information content (AvgIpc) is 2.72. The minimum Gasteiger partial charge on any atom is -0.497 e. The molecule has 2 aromatic carbocycles. The fourth-order valence-corrected chi connectivity index (χ4v) is 2.93. The van der Waals surface area contributed by atoms with Crippen LogP contribution in [0.15, 0.2) is 69.9 Å². The Bertz CT molecular complexity index is 1020. The summed E-state index contributed by atoms with van der Waals surface area (Å²) in [5.41, 5.74) is 2.30. The molecule has 0 radical (unpaired) electrons. The first kappa shape index (κ1) is 19.8. The Morgan fingerprint density at radius 1 is 1.14 bits per heavy atom. The van der Waals surface area contributed by atoms with Gasteiger partial charge in [0.15, 0.2) is 0 Å². The molecule has 0 bridgehead atoms. The second kappa shape index (κ2) is 9.32. The molecule has 1 heterocycles. The molecule has 3 rings (SSSR count). The third-order valence-electron chi connectivity index (χ3n) is 4.18. The Morgan fingerprint density at radius 2 is 1.93 bits per heavy atom. The summed E-state index contributed by atoms with van der Waals surface area (Å²) < 4.78 is 7.46. The number of aryl methyl sites for hydroxylation is 1. The monoisotopic (exact) mass is 441 g/mol. The van der Waals surface area contributed by atoms with Gasteiger partial charge in [-0.25, -0.2) is 4.68 Å². The van der Waals surface area contributed by atoms with E-state index in [1.807, 2.05) is 48.5 Å². The predicted octanol–water partition coefficient (Wildman–Crippen LogP) is 3.39. The topological polar surface area (TPSA) is 73.2 Å². The molecule has 0 unspecified atom stereocenters. The lowest BCUT2D eigenvalue weighted by atomic mass is 10.1. The van der Waals surface area contributed by atoms with E-state index < -0.39 is 0 Å². The fourth-order valence-electron chi connectivity index (χ4n) is 2.66. The number of carbonyl (C=O) groups is 1. The Kier molecular flexibility index (Phi) is 6.60. The molecule has 3 aromatic rings. The molecule has 144 valence electrons. The van der Waals surface area contributed by atoms with Gasteiger partial charge in [-0.15, -0.1) is 0 Å². The molecule has 0 spiro atoms. The van der Waals surface area contributed by atoms with Crippen LogP contribution >= 0.6 is 15.9 Å². The molecule has 0 saturated carbocycles. The largest absolute Gasteiger partial charge is 0.497 e. The smallest absolute Gasteiger partial charge is 0.266 e. The Labute approximate surface area is 171 Å². The normalized spacial score (nSPS) is 10.5. The molecule has 0 aliphatic carbocycles. The molecule has 6 nitrogen and oxygen atoms in total. The van der Waals surface area contributed by atoms with E-state index in [0.29, 0.717) is 12.2 Å². The molecule has 7 heteroatoms. The number of amides is 1. The van der Waals surface area contributed by atoms with Crippen molar-refractivity contribution < 1.29 is 9.53 Å². The molecule has 0 aliphatic heterocycles. The standard InChI is InChI=1S/C21H20BrN3O3/c1-28-18-4-2-3-15(13-18)14-23-20(26)11-12-25-21(27)10-9-19(24-25)16-5-7-17(22)8-6-16/h2-10,13H,11-12,14H2,1H3,(H,23,26). The molecule has 1 aromatic heterocycles. The lowest BCUT2D eigenvalue weighted by molar-refractivity contribution is -0.121. The summed E-state index contributed by atoms with van der Waals surface area (Å²) in [6.45, 7) is 0.616. The highest BCUT2D eigenvalue weighted by Crippen LogP contribution is 2.18. The molecule has 0 saturated heterocycles. The van der Waals surface area contributed by atoms with Crippen LogP contribution in [0, 0.1) is 0 Å². The van der Waals surface area contributed by atoms with Crippen molar-refractivity contribution in [3.8, 4) is 17.0 Å². The number of halogens is 1. The zero-order valence-electron chi connectivity index (χ0n) is 15.4. The third kappa shape index (κ3) is 5.29. The summed E-state index contributed by atoms with van der Waals surface area (Å²) in [6, 6.07) is 18.3. The van der Waals surface area contributed by atoms with Gasteiger partial charge in [0.2, 0.25) is 5.91 Å². The van der Waals surface area contributed by atoms with Crippen LogP contribution in [0.2, 0.25) is 0 Å². The van der Waals surface area contributed by atoms with Crippen molar-refractivity contribution >= 4 is 21.8 Å². The maximum Gasteiger partial charge on any atom is 0.266 e. The van der Waals surface area contributed by atoms with Crippen molar-refractivity contribution in [2.24, 2.45) is 0 Å². The van der Waals surface area contributed by atoms with Crippen molar-refractivity contribution in [3.63, 3.8) is 0 Å². The second-order valence-electron chi connectivity index (χ2n) is 6.17. The van der Waals surface area contributed by atoms with E-state index in [1.54, 1.807) is 13.2 Å². The third-order valence-corrected chi connectivity index (χ3v) is 4.71. The maximum absolute atomic E-state index is 12.2. The summed E-state index contributed by atoms with van der Waals surface area (Å²) in [4.78, 5) is 24.2. The van der Waals surface area contributed by atoms with Crippen LogP contribution in [0.25, 0.3) is 11.3 Å². The van der Waals surface area contributed by atoms with Gasteiger partial charge < -0.3 is 10.1 Å². The number of ether oxygens (including phenoxy) is 1. The first-order valence-corrected chi connectivity index (χ1v) is 9.58. The first-order valence-electron chi connectivity index (χ1n) is 8.79. The molecule has 0 aliphatic rings. The van der Waals surface area contributed by atoms with Crippen LogP contribution in [0.5, 0.6) is 5.75 Å². The number of hydrogen-bond acceptors (Lipinski definition) is 4. The van der Waals surface area contributed by atoms with Gasteiger partial charge in [0, 0.05) is 29.1 Å². The molecule has 1 N–H and O–H groups in total. The summed E-state index contributed by atoms with van der Waals surface area (Å²) >= 11 is 3.40. The zero-order valence-corrected chi connectivity index (χ0v) is 17.0. The van der Waals surface area contributed by atoms with Gasteiger partial charge in [-0.2, -0.15) is 5.10 Å². The lowest BCUT2D eigenvalue weighted by Gasteiger charge is -2.09. The Balaban J connectivity index is 1.60. The number of benzene rings is 2. The fraction of sp³-hybridized carbons (Fsp3) is 0.190. The molecule has 0 fully saturated rings. The van der Waals surface area contributed by atoms with Gasteiger partial charge in [-0.1, -0.05) is 40.2 Å². The predicted molar refractivity (Wildman–Crippen MR) is 111 cm³/mol. The lowest BCUT2D eigenvalue weighted by Crippen LogP contribution is -2.28. The van der Waals surface area contributed by atoms with E-state index in [9.17, 15) is 9.59 Å². The summed E-state index contributed by atoms with van der Waals surface area (Å²) in [6.07, 6.45) is 0.167. The quantitative estimate of drug-likeness (QED) is 0.609. The first-order chi connectivity index (χ1) is 13.5. The van der Waals surface area contributed by atoms with Crippen molar-refractivity contribution in [1.82, 2.24) is 15.1 Å². The Morgan fingerprint density at radius 3 is 2.68 bits per heavy atom. The van der Waals surface area contributed by atoms with Crippen molar-refractivity contribution in [2.45, 2.75) is 19.5 Å². The van der Waals surface area contributed by atoms with Crippen LogP contribution in [-0.4, -0.2) is 22.8 Å². The SMILES string of the molecule is COc1cccc(CNC(=O)CCn2nc(-c3ccc(Br)cc3)ccc2=O)c1. The van der Waals surface area contributed by atoms with Crippen molar-refractivity contribution in [2.75, 3.05) is 7.11 Å². The number of hydrogen-bond donors (Lipinski definition) is 1. The van der Waals surface area contributed by atoms with E-state index in [-0.39, 0.29) is 24.4 Å². The molecule has 1 amide bonds. The van der Waals surface area contributed by atoms with E-state index in [4.69, 9.17) is 4.74 Å². The number of carbonyl (C=O) groups excluding carboxylic acids is 1. The highest BCUT2D eigenvalue weighted by molar-refractivity contribution is 9.10. The minimum absolute atomic E-state index is 0.148. The van der Waals surface area contributed by atoms with E-state index in [2.05, 4.69) is 26.3 Å².